The topological polar surface area (TPSA) is 46.2 Å². The minimum absolute atomic E-state index is 0.0326. The highest BCUT2D eigenvalue weighted by Crippen LogP contribution is 2.30. The molecule has 0 fully saturated rings. The fourth-order valence-corrected chi connectivity index (χ4v) is 2.13. The van der Waals surface area contributed by atoms with Crippen molar-refractivity contribution in [2.24, 2.45) is 11.7 Å². The van der Waals surface area contributed by atoms with Gasteiger partial charge < -0.3 is 10.8 Å². The van der Waals surface area contributed by atoms with Gasteiger partial charge in [0.2, 0.25) is 0 Å². The molecule has 2 aromatic carbocycles. The zero-order valence-corrected chi connectivity index (χ0v) is 10.5. The Morgan fingerprint density at radius 1 is 0.833 bits per heavy atom. The van der Waals surface area contributed by atoms with Crippen molar-refractivity contribution in [1.29, 1.82) is 0 Å². The van der Waals surface area contributed by atoms with E-state index in [4.69, 9.17) is 5.73 Å². The maximum Gasteiger partial charge on any atom is 0.0833 e. The number of hydrogen-bond acceptors (Lipinski definition) is 2. The molecule has 94 valence electrons. The molecule has 0 aromatic heterocycles. The van der Waals surface area contributed by atoms with Crippen LogP contribution in [0.25, 0.3) is 0 Å². The summed E-state index contributed by atoms with van der Waals surface area (Å²) in [6.45, 7) is 1.98. The van der Waals surface area contributed by atoms with E-state index in [2.05, 4.69) is 0 Å². The highest BCUT2D eigenvalue weighted by atomic mass is 16.3. The van der Waals surface area contributed by atoms with Gasteiger partial charge in [-0.05, 0) is 11.1 Å². The summed E-state index contributed by atoms with van der Waals surface area (Å²) in [5.74, 6) is -0.0326. The smallest absolute Gasteiger partial charge is 0.0833 e. The summed E-state index contributed by atoms with van der Waals surface area (Å²) < 4.78 is 0. The van der Waals surface area contributed by atoms with Crippen LogP contribution in [0.2, 0.25) is 0 Å². The van der Waals surface area contributed by atoms with Crippen molar-refractivity contribution in [1.82, 2.24) is 0 Å². The number of aliphatic hydroxyl groups is 1. The van der Waals surface area contributed by atoms with Gasteiger partial charge in [-0.15, -0.1) is 0 Å². The first-order valence-corrected chi connectivity index (χ1v) is 6.23. The fourth-order valence-electron chi connectivity index (χ4n) is 2.13. The van der Waals surface area contributed by atoms with Crippen molar-refractivity contribution in [2.45, 2.75) is 19.1 Å². The summed E-state index contributed by atoms with van der Waals surface area (Å²) in [5, 5.41) is 10.3. The molecule has 2 rings (SSSR count). The molecule has 0 saturated carbocycles. The van der Waals surface area contributed by atoms with Crippen molar-refractivity contribution >= 4 is 0 Å². The molecule has 2 heteroatoms. The largest absolute Gasteiger partial charge is 0.388 e. The summed E-state index contributed by atoms with van der Waals surface area (Å²) in [5.41, 5.74) is 8.19. The summed E-state index contributed by atoms with van der Waals surface area (Å²) in [6.07, 6.45) is -0.540. The quantitative estimate of drug-likeness (QED) is 0.864. The monoisotopic (exact) mass is 241 g/mol. The first-order valence-electron chi connectivity index (χ1n) is 6.23. The summed E-state index contributed by atoms with van der Waals surface area (Å²) in [6, 6.07) is 19.4. The molecular formula is C16H19NO. The van der Waals surface area contributed by atoms with Crippen LogP contribution in [-0.2, 0) is 0 Å². The average Bonchev–Trinajstić information content (AvgIpc) is 2.47. The molecule has 0 aliphatic rings. The molecule has 0 heterocycles. The maximum absolute atomic E-state index is 10.3. The Balaban J connectivity index is 2.14. The second-order valence-electron chi connectivity index (χ2n) is 4.65. The number of aliphatic hydroxyl groups excluding tert-OH is 1. The van der Waals surface area contributed by atoms with Gasteiger partial charge in [-0.2, -0.15) is 0 Å². The molecule has 0 aliphatic heterocycles. The van der Waals surface area contributed by atoms with Crippen LogP contribution in [-0.4, -0.2) is 5.11 Å². The van der Waals surface area contributed by atoms with Gasteiger partial charge in [-0.25, -0.2) is 0 Å². The maximum atomic E-state index is 10.3. The first-order chi connectivity index (χ1) is 8.70. The first kappa shape index (κ1) is 12.8. The predicted octanol–water partition coefficient (Wildman–Crippen LogP) is 3.06. The molecule has 0 amide bonds. The predicted molar refractivity (Wildman–Crippen MR) is 73.9 cm³/mol. The van der Waals surface area contributed by atoms with Crippen LogP contribution in [0.5, 0.6) is 0 Å². The van der Waals surface area contributed by atoms with E-state index < -0.39 is 6.10 Å². The van der Waals surface area contributed by atoms with Crippen molar-refractivity contribution < 1.29 is 5.11 Å². The molecule has 2 nitrogen and oxygen atoms in total. The average molecular weight is 241 g/mol. The standard InChI is InChI=1S/C16H19NO/c1-12(15(17)13-8-4-2-5-9-13)16(18)14-10-6-3-7-11-14/h2-12,15-16,18H,17H2,1H3/t12-,15+,16+/m1/s1. The molecule has 0 radical (unpaired) electrons. The minimum Gasteiger partial charge on any atom is -0.388 e. The number of hydrogen-bond donors (Lipinski definition) is 2. The third-order valence-corrected chi connectivity index (χ3v) is 3.39. The van der Waals surface area contributed by atoms with E-state index in [1.165, 1.54) is 0 Å². The van der Waals surface area contributed by atoms with Crippen LogP contribution in [0.1, 0.15) is 30.2 Å². The van der Waals surface area contributed by atoms with Gasteiger partial charge in [0.25, 0.3) is 0 Å². The molecule has 0 saturated heterocycles. The van der Waals surface area contributed by atoms with Crippen molar-refractivity contribution in [3.8, 4) is 0 Å². The molecule has 2 aromatic rings. The Morgan fingerprint density at radius 2 is 1.28 bits per heavy atom. The molecule has 0 unspecified atom stereocenters. The van der Waals surface area contributed by atoms with Crippen LogP contribution in [0, 0.1) is 5.92 Å². The van der Waals surface area contributed by atoms with Crippen LogP contribution in [0.4, 0.5) is 0 Å². The SMILES string of the molecule is C[C@H]([C@H](N)c1ccccc1)[C@H](O)c1ccccc1. The zero-order valence-electron chi connectivity index (χ0n) is 10.5. The Hall–Kier alpha value is -1.64. The fraction of sp³-hybridized carbons (Fsp3) is 0.250. The highest BCUT2D eigenvalue weighted by Gasteiger charge is 2.23. The molecule has 18 heavy (non-hydrogen) atoms. The molecule has 3 atom stereocenters. The number of benzene rings is 2. The minimum atomic E-state index is -0.540. The summed E-state index contributed by atoms with van der Waals surface area (Å²) in [7, 11) is 0. The molecular weight excluding hydrogens is 222 g/mol. The van der Waals surface area contributed by atoms with E-state index in [0.29, 0.717) is 0 Å². The van der Waals surface area contributed by atoms with Gasteiger partial charge in [0.15, 0.2) is 0 Å². The highest BCUT2D eigenvalue weighted by molar-refractivity contribution is 5.22. The normalized spacial score (nSPS) is 15.9. The van der Waals surface area contributed by atoms with E-state index >= 15 is 0 Å². The molecule has 0 spiro atoms. The van der Waals surface area contributed by atoms with Crippen molar-refractivity contribution in [3.63, 3.8) is 0 Å². The number of rotatable bonds is 4. The van der Waals surface area contributed by atoms with Crippen molar-refractivity contribution in [2.75, 3.05) is 0 Å². The lowest BCUT2D eigenvalue weighted by Crippen LogP contribution is -2.24. The Kier molecular flexibility index (Phi) is 4.13. The van der Waals surface area contributed by atoms with E-state index in [1.807, 2.05) is 67.6 Å². The lowest BCUT2D eigenvalue weighted by atomic mass is 9.87. The molecule has 0 bridgehead atoms. The number of nitrogens with two attached hydrogens (primary N) is 1. The van der Waals surface area contributed by atoms with Crippen LogP contribution >= 0.6 is 0 Å². The third kappa shape index (κ3) is 2.78. The lowest BCUT2D eigenvalue weighted by Gasteiger charge is -2.25. The van der Waals surface area contributed by atoms with Gasteiger partial charge in [0.1, 0.15) is 0 Å². The van der Waals surface area contributed by atoms with Crippen LogP contribution in [0.15, 0.2) is 60.7 Å². The lowest BCUT2D eigenvalue weighted by molar-refractivity contribution is 0.103. The van der Waals surface area contributed by atoms with Crippen molar-refractivity contribution in [3.05, 3.63) is 71.8 Å². The van der Waals surface area contributed by atoms with Crippen LogP contribution in [0.3, 0.4) is 0 Å². The Labute approximate surface area is 108 Å². The Bertz CT molecular complexity index is 423. The molecule has 3 N–H and O–H groups in total. The van der Waals surface area contributed by atoms with E-state index in [1.54, 1.807) is 0 Å². The summed E-state index contributed by atoms with van der Waals surface area (Å²) in [4.78, 5) is 0. The van der Waals surface area contributed by atoms with E-state index in [-0.39, 0.29) is 12.0 Å². The zero-order chi connectivity index (χ0) is 13.0. The van der Waals surface area contributed by atoms with Gasteiger partial charge in [-0.1, -0.05) is 67.6 Å². The molecule has 0 aliphatic carbocycles. The second kappa shape index (κ2) is 5.80. The van der Waals surface area contributed by atoms with E-state index in [9.17, 15) is 5.11 Å². The van der Waals surface area contributed by atoms with Gasteiger partial charge in [0, 0.05) is 12.0 Å². The summed E-state index contributed by atoms with van der Waals surface area (Å²) >= 11 is 0. The Morgan fingerprint density at radius 3 is 1.78 bits per heavy atom. The van der Waals surface area contributed by atoms with Gasteiger partial charge in [0.05, 0.1) is 6.10 Å². The van der Waals surface area contributed by atoms with Gasteiger partial charge in [-0.3, -0.25) is 0 Å². The van der Waals surface area contributed by atoms with Gasteiger partial charge >= 0.3 is 0 Å². The van der Waals surface area contributed by atoms with E-state index in [0.717, 1.165) is 11.1 Å². The van der Waals surface area contributed by atoms with Crippen LogP contribution < -0.4 is 5.73 Å². The third-order valence-electron chi connectivity index (χ3n) is 3.39. The second-order valence-corrected chi connectivity index (χ2v) is 4.65.